The van der Waals surface area contributed by atoms with E-state index in [1.54, 1.807) is 11.8 Å². The van der Waals surface area contributed by atoms with Crippen LogP contribution in [0.1, 0.15) is 43.7 Å². The number of unbranched alkanes of at least 4 members (excludes halogenated alkanes) is 1. The van der Waals surface area contributed by atoms with Crippen molar-refractivity contribution in [3.63, 3.8) is 0 Å². The first-order valence-electron chi connectivity index (χ1n) is 12.2. The van der Waals surface area contributed by atoms with Crippen molar-refractivity contribution in [3.05, 3.63) is 77.9 Å². The Kier molecular flexibility index (Phi) is 8.85. The molecular weight excluding hydrogens is 458 g/mol. The molecule has 0 bridgehead atoms. The van der Waals surface area contributed by atoms with Gasteiger partial charge in [0.05, 0.1) is 12.0 Å². The lowest BCUT2D eigenvalue weighted by atomic mass is 10.0. The van der Waals surface area contributed by atoms with Gasteiger partial charge in [0.15, 0.2) is 5.58 Å². The number of aryl methyl sites for hydroxylation is 2. The first kappa shape index (κ1) is 24.9. The largest absolute Gasteiger partial charge is 0.493 e. The molecule has 0 radical (unpaired) electrons. The summed E-state index contributed by atoms with van der Waals surface area (Å²) in [6.45, 7) is 2.82. The minimum Gasteiger partial charge on any atom is -0.493 e. The van der Waals surface area contributed by atoms with Crippen molar-refractivity contribution >= 4 is 28.7 Å². The van der Waals surface area contributed by atoms with Crippen LogP contribution in [0.5, 0.6) is 5.75 Å². The van der Waals surface area contributed by atoms with E-state index in [0.29, 0.717) is 13.0 Å². The van der Waals surface area contributed by atoms with Gasteiger partial charge in [-0.1, -0.05) is 61.0 Å². The maximum Gasteiger partial charge on any atom is 0.303 e. The van der Waals surface area contributed by atoms with Gasteiger partial charge in [0.25, 0.3) is 0 Å². The quantitative estimate of drug-likeness (QED) is 0.156. The predicted molar refractivity (Wildman–Crippen MR) is 141 cm³/mol. The summed E-state index contributed by atoms with van der Waals surface area (Å²) in [6.07, 6.45) is 4.71. The highest BCUT2D eigenvalue weighted by Crippen LogP contribution is 2.35. The van der Waals surface area contributed by atoms with Gasteiger partial charge in [-0.05, 0) is 55.5 Å². The van der Waals surface area contributed by atoms with Crippen molar-refractivity contribution in [2.75, 3.05) is 12.4 Å². The Morgan fingerprint density at radius 3 is 2.54 bits per heavy atom. The van der Waals surface area contributed by atoms with Gasteiger partial charge in [-0.25, -0.2) is 0 Å². The van der Waals surface area contributed by atoms with Crippen molar-refractivity contribution in [2.24, 2.45) is 0 Å². The van der Waals surface area contributed by atoms with Crippen LogP contribution in [0.15, 0.2) is 76.1 Å². The van der Waals surface area contributed by atoms with Gasteiger partial charge in [-0.2, -0.15) is 0 Å². The lowest BCUT2D eigenvalue weighted by Gasteiger charge is -2.12. The third kappa shape index (κ3) is 6.67. The van der Waals surface area contributed by atoms with Gasteiger partial charge in [-0.3, -0.25) is 4.79 Å². The zero-order valence-corrected chi connectivity index (χ0v) is 20.9. The number of aromatic nitrogens is 1. The third-order valence-electron chi connectivity index (χ3n) is 5.89. The second-order valence-electron chi connectivity index (χ2n) is 8.51. The summed E-state index contributed by atoms with van der Waals surface area (Å²) >= 11 is 1.79. The van der Waals surface area contributed by atoms with Crippen LogP contribution in [0.2, 0.25) is 0 Å². The Labute approximate surface area is 210 Å². The van der Waals surface area contributed by atoms with E-state index in [4.69, 9.17) is 14.4 Å². The Morgan fingerprint density at radius 1 is 1.00 bits per heavy atom. The van der Waals surface area contributed by atoms with Gasteiger partial charge >= 0.3 is 5.97 Å². The van der Waals surface area contributed by atoms with Crippen molar-refractivity contribution < 1.29 is 19.2 Å². The van der Waals surface area contributed by atoms with Gasteiger partial charge in [0, 0.05) is 28.2 Å². The molecule has 0 aliphatic rings. The highest BCUT2D eigenvalue weighted by molar-refractivity contribution is 7.99. The molecule has 5 nitrogen and oxygen atoms in total. The predicted octanol–water partition coefficient (Wildman–Crippen LogP) is 7.42. The number of hydrogen-bond acceptors (Lipinski definition) is 5. The molecule has 0 amide bonds. The number of fused-ring (bicyclic) bond motifs is 1. The maximum absolute atomic E-state index is 10.7. The monoisotopic (exact) mass is 489 g/mol. The van der Waals surface area contributed by atoms with Gasteiger partial charge in [0.1, 0.15) is 11.4 Å². The van der Waals surface area contributed by atoms with Crippen molar-refractivity contribution in [2.45, 2.75) is 50.3 Å². The molecule has 1 aromatic heterocycles. The summed E-state index contributed by atoms with van der Waals surface area (Å²) < 4.78 is 12.0. The van der Waals surface area contributed by atoms with Crippen LogP contribution in [0.3, 0.4) is 0 Å². The first-order valence-corrected chi connectivity index (χ1v) is 13.2. The van der Waals surface area contributed by atoms with Crippen LogP contribution in [0.4, 0.5) is 0 Å². The fraction of sp³-hybridized carbons (Fsp3) is 0.310. The van der Waals surface area contributed by atoms with E-state index >= 15 is 0 Å². The Hall–Kier alpha value is -3.25. The summed E-state index contributed by atoms with van der Waals surface area (Å²) in [4.78, 5) is 11.9. The van der Waals surface area contributed by atoms with E-state index in [-0.39, 0.29) is 6.42 Å². The summed E-state index contributed by atoms with van der Waals surface area (Å²) in [5.74, 6) is 1.07. The number of carboxylic acids is 1. The number of ether oxygens (including phenoxy) is 1. The molecule has 35 heavy (non-hydrogen) atoms. The SMILES string of the molecule is CCCCc1c(OCCCSc2ccc(CCC(=O)O)cc2)ccc2c(-c3ccccc3)noc12. The molecule has 6 heteroatoms. The Morgan fingerprint density at radius 2 is 1.80 bits per heavy atom. The average Bonchev–Trinajstić information content (AvgIpc) is 3.32. The van der Waals surface area contributed by atoms with Crippen molar-refractivity contribution in [3.8, 4) is 17.0 Å². The number of carbonyl (C=O) groups is 1. The second-order valence-corrected chi connectivity index (χ2v) is 9.68. The highest BCUT2D eigenvalue weighted by Gasteiger charge is 2.17. The van der Waals surface area contributed by atoms with Crippen LogP contribution >= 0.6 is 11.8 Å². The van der Waals surface area contributed by atoms with Crippen molar-refractivity contribution in [1.82, 2.24) is 5.16 Å². The van der Waals surface area contributed by atoms with E-state index in [1.165, 1.54) is 4.90 Å². The first-order chi connectivity index (χ1) is 17.2. The van der Waals surface area contributed by atoms with Crippen LogP contribution in [0.25, 0.3) is 22.2 Å². The smallest absolute Gasteiger partial charge is 0.303 e. The van der Waals surface area contributed by atoms with E-state index in [2.05, 4.69) is 48.5 Å². The molecule has 1 heterocycles. The molecule has 0 aliphatic heterocycles. The molecule has 0 atom stereocenters. The second kappa shape index (κ2) is 12.5. The van der Waals surface area contributed by atoms with Crippen LogP contribution in [0, 0.1) is 0 Å². The molecule has 0 fully saturated rings. The number of carboxylic acid groups (broad SMARTS) is 1. The number of aliphatic carboxylic acids is 1. The fourth-order valence-electron chi connectivity index (χ4n) is 4.01. The van der Waals surface area contributed by atoms with Gasteiger partial charge in [0.2, 0.25) is 0 Å². The number of rotatable bonds is 13. The maximum atomic E-state index is 10.7. The average molecular weight is 490 g/mol. The normalized spacial score (nSPS) is 11.1. The molecule has 0 spiro atoms. The Bertz CT molecular complexity index is 1240. The molecule has 1 N–H and O–H groups in total. The molecule has 182 valence electrons. The van der Waals surface area contributed by atoms with Crippen LogP contribution < -0.4 is 4.74 Å². The third-order valence-corrected chi connectivity index (χ3v) is 6.99. The molecule has 4 aromatic rings. The minimum atomic E-state index is -0.764. The Balaban J connectivity index is 1.36. The zero-order chi connectivity index (χ0) is 24.5. The van der Waals surface area contributed by atoms with Crippen molar-refractivity contribution in [1.29, 1.82) is 0 Å². The van der Waals surface area contributed by atoms with Gasteiger partial charge < -0.3 is 14.4 Å². The molecule has 3 aromatic carbocycles. The number of hydrogen-bond donors (Lipinski definition) is 1. The lowest BCUT2D eigenvalue weighted by molar-refractivity contribution is -0.136. The highest BCUT2D eigenvalue weighted by atomic mass is 32.2. The minimum absolute atomic E-state index is 0.164. The number of benzene rings is 3. The summed E-state index contributed by atoms with van der Waals surface area (Å²) in [7, 11) is 0. The summed E-state index contributed by atoms with van der Waals surface area (Å²) in [6, 6.07) is 22.4. The van der Waals surface area contributed by atoms with E-state index < -0.39 is 5.97 Å². The van der Waals surface area contributed by atoms with Crippen LogP contribution in [-0.4, -0.2) is 28.6 Å². The van der Waals surface area contributed by atoms with E-state index in [0.717, 1.165) is 70.5 Å². The molecule has 0 saturated heterocycles. The lowest BCUT2D eigenvalue weighted by Crippen LogP contribution is -2.02. The molecule has 0 saturated carbocycles. The standard InChI is InChI=1S/C29H31NO4S/c1-2-3-10-24-26(17-16-25-28(30-34-29(24)25)22-8-5-4-6-9-22)33-19-7-20-35-23-14-11-21(12-15-23)13-18-27(31)32/h4-6,8-9,11-12,14-17H,2-3,7,10,13,18-20H2,1H3,(H,31,32). The topological polar surface area (TPSA) is 72.6 Å². The van der Waals surface area contributed by atoms with E-state index in [9.17, 15) is 4.79 Å². The molecule has 0 unspecified atom stereocenters. The van der Waals surface area contributed by atoms with E-state index in [1.807, 2.05) is 30.3 Å². The fourth-order valence-corrected chi connectivity index (χ4v) is 4.83. The number of thioether (sulfide) groups is 1. The molecular formula is C29H31NO4S. The zero-order valence-electron chi connectivity index (χ0n) is 20.0. The summed E-state index contributed by atoms with van der Waals surface area (Å²) in [5, 5.41) is 14.2. The summed E-state index contributed by atoms with van der Waals surface area (Å²) in [5.41, 5.74) is 4.90. The van der Waals surface area contributed by atoms with Gasteiger partial charge in [-0.15, -0.1) is 11.8 Å². The molecule has 4 rings (SSSR count). The molecule has 0 aliphatic carbocycles. The number of nitrogens with zero attached hydrogens (tertiary/aromatic N) is 1. The van der Waals surface area contributed by atoms with Crippen LogP contribution in [-0.2, 0) is 17.6 Å².